The Balaban J connectivity index is 1.73. The van der Waals surface area contributed by atoms with Gasteiger partial charge in [0.05, 0.1) is 14.2 Å². The van der Waals surface area contributed by atoms with Crippen LogP contribution in [-0.2, 0) is 19.6 Å². The lowest BCUT2D eigenvalue weighted by molar-refractivity contribution is 0.0950. The van der Waals surface area contributed by atoms with E-state index in [9.17, 15) is 4.79 Å². The SMILES string of the molecule is COc1cc(C(=O)NCc2ccc3c(c2)CNC3)cc(OC)c1C. The maximum absolute atomic E-state index is 12.5. The minimum Gasteiger partial charge on any atom is -0.496 e. The lowest BCUT2D eigenvalue weighted by Crippen LogP contribution is -2.23. The number of methoxy groups -OCH3 is 2. The van der Waals surface area contributed by atoms with Gasteiger partial charge < -0.3 is 20.1 Å². The molecule has 0 unspecified atom stereocenters. The van der Waals surface area contributed by atoms with Crippen molar-refractivity contribution >= 4 is 5.91 Å². The molecule has 0 fully saturated rings. The molecule has 1 heterocycles. The highest BCUT2D eigenvalue weighted by Gasteiger charge is 2.14. The summed E-state index contributed by atoms with van der Waals surface area (Å²) in [5.41, 5.74) is 5.13. The van der Waals surface area contributed by atoms with Gasteiger partial charge in [-0.2, -0.15) is 0 Å². The maximum atomic E-state index is 12.5. The van der Waals surface area contributed by atoms with Crippen LogP contribution < -0.4 is 20.1 Å². The van der Waals surface area contributed by atoms with E-state index in [1.165, 1.54) is 11.1 Å². The van der Waals surface area contributed by atoms with Crippen molar-refractivity contribution in [3.05, 3.63) is 58.1 Å². The fourth-order valence-electron chi connectivity index (χ4n) is 2.96. The van der Waals surface area contributed by atoms with Crippen molar-refractivity contribution in [3.8, 4) is 11.5 Å². The molecule has 0 saturated carbocycles. The molecule has 0 saturated heterocycles. The molecule has 24 heavy (non-hydrogen) atoms. The van der Waals surface area contributed by atoms with Gasteiger partial charge in [-0.1, -0.05) is 18.2 Å². The normalized spacial score (nSPS) is 12.6. The summed E-state index contributed by atoms with van der Waals surface area (Å²) >= 11 is 0. The van der Waals surface area contributed by atoms with E-state index in [0.717, 1.165) is 24.2 Å². The van der Waals surface area contributed by atoms with Gasteiger partial charge in [0.25, 0.3) is 5.91 Å². The Morgan fingerprint density at radius 2 is 1.75 bits per heavy atom. The van der Waals surface area contributed by atoms with E-state index in [1.54, 1.807) is 26.4 Å². The first-order valence-electron chi connectivity index (χ1n) is 7.94. The number of carbonyl (C=O) groups is 1. The van der Waals surface area contributed by atoms with Crippen LogP contribution in [0.4, 0.5) is 0 Å². The molecule has 1 amide bonds. The second-order valence-corrected chi connectivity index (χ2v) is 5.90. The first-order valence-corrected chi connectivity index (χ1v) is 7.94. The van der Waals surface area contributed by atoms with E-state index in [2.05, 4.69) is 28.8 Å². The molecule has 5 heteroatoms. The third-order valence-electron chi connectivity index (χ3n) is 4.37. The van der Waals surface area contributed by atoms with Crippen LogP contribution >= 0.6 is 0 Å². The zero-order valence-electron chi connectivity index (χ0n) is 14.2. The molecule has 0 bridgehead atoms. The molecule has 126 valence electrons. The first kappa shape index (κ1) is 16.3. The van der Waals surface area contributed by atoms with Gasteiger partial charge in [-0.3, -0.25) is 4.79 Å². The van der Waals surface area contributed by atoms with Crippen LogP contribution in [0, 0.1) is 6.92 Å². The number of rotatable bonds is 5. The monoisotopic (exact) mass is 326 g/mol. The summed E-state index contributed by atoms with van der Waals surface area (Å²) < 4.78 is 10.6. The Morgan fingerprint density at radius 3 is 2.42 bits per heavy atom. The van der Waals surface area contributed by atoms with Crippen LogP contribution in [0.3, 0.4) is 0 Å². The number of nitrogens with one attached hydrogen (secondary N) is 2. The summed E-state index contributed by atoms with van der Waals surface area (Å²) in [5.74, 6) is 1.14. The van der Waals surface area contributed by atoms with E-state index in [4.69, 9.17) is 9.47 Å². The Labute approximate surface area is 142 Å². The van der Waals surface area contributed by atoms with Crippen LogP contribution in [0.2, 0.25) is 0 Å². The first-order chi connectivity index (χ1) is 11.6. The Bertz CT molecular complexity index is 746. The quantitative estimate of drug-likeness (QED) is 0.886. The molecule has 0 aliphatic carbocycles. The number of ether oxygens (including phenoxy) is 2. The molecule has 0 radical (unpaired) electrons. The highest BCUT2D eigenvalue weighted by Crippen LogP contribution is 2.29. The zero-order chi connectivity index (χ0) is 17.1. The molecule has 1 aliphatic rings. The van der Waals surface area contributed by atoms with Crippen molar-refractivity contribution < 1.29 is 14.3 Å². The summed E-state index contributed by atoms with van der Waals surface area (Å²) in [6.07, 6.45) is 0. The van der Waals surface area contributed by atoms with E-state index < -0.39 is 0 Å². The number of fused-ring (bicyclic) bond motifs is 1. The fraction of sp³-hybridized carbons (Fsp3) is 0.316. The highest BCUT2D eigenvalue weighted by atomic mass is 16.5. The summed E-state index contributed by atoms with van der Waals surface area (Å²) in [6.45, 7) is 4.21. The van der Waals surface area contributed by atoms with Crippen molar-refractivity contribution in [2.45, 2.75) is 26.6 Å². The van der Waals surface area contributed by atoms with Crippen molar-refractivity contribution in [1.29, 1.82) is 0 Å². The summed E-state index contributed by atoms with van der Waals surface area (Å²) in [7, 11) is 3.17. The van der Waals surface area contributed by atoms with E-state index >= 15 is 0 Å². The predicted octanol–water partition coefficient (Wildman–Crippen LogP) is 2.55. The lowest BCUT2D eigenvalue weighted by atomic mass is 10.1. The Morgan fingerprint density at radius 1 is 1.08 bits per heavy atom. The van der Waals surface area contributed by atoms with Crippen molar-refractivity contribution in [1.82, 2.24) is 10.6 Å². The summed E-state index contributed by atoms with van der Waals surface area (Å²) in [4.78, 5) is 12.5. The second kappa shape index (κ2) is 6.93. The number of benzene rings is 2. The topological polar surface area (TPSA) is 59.6 Å². The smallest absolute Gasteiger partial charge is 0.251 e. The summed E-state index contributed by atoms with van der Waals surface area (Å²) in [6, 6.07) is 9.79. The molecular formula is C19H22N2O3. The van der Waals surface area contributed by atoms with Crippen LogP contribution in [0.15, 0.2) is 30.3 Å². The van der Waals surface area contributed by atoms with Gasteiger partial charge in [0.1, 0.15) is 11.5 Å². The molecular weight excluding hydrogens is 304 g/mol. The van der Waals surface area contributed by atoms with Gasteiger partial charge in [0.2, 0.25) is 0 Å². The molecule has 0 spiro atoms. The second-order valence-electron chi connectivity index (χ2n) is 5.90. The van der Waals surface area contributed by atoms with Gasteiger partial charge >= 0.3 is 0 Å². The lowest BCUT2D eigenvalue weighted by Gasteiger charge is -2.13. The average Bonchev–Trinajstić information content (AvgIpc) is 3.07. The summed E-state index contributed by atoms with van der Waals surface area (Å²) in [5, 5.41) is 6.28. The van der Waals surface area contributed by atoms with Gasteiger partial charge in [-0.25, -0.2) is 0 Å². The standard InChI is InChI=1S/C19H22N2O3/c1-12-17(23-2)7-15(8-18(12)24-3)19(22)21-9-13-4-5-14-10-20-11-16(14)6-13/h4-8,20H,9-11H2,1-3H3,(H,21,22). The Hall–Kier alpha value is -2.53. The zero-order valence-corrected chi connectivity index (χ0v) is 14.2. The van der Waals surface area contributed by atoms with Gasteiger partial charge in [0.15, 0.2) is 0 Å². The number of amides is 1. The molecule has 0 atom stereocenters. The molecule has 0 aromatic heterocycles. The van der Waals surface area contributed by atoms with Gasteiger partial charge in [-0.05, 0) is 35.7 Å². The maximum Gasteiger partial charge on any atom is 0.251 e. The van der Waals surface area contributed by atoms with Crippen LogP contribution in [0.25, 0.3) is 0 Å². The van der Waals surface area contributed by atoms with Crippen molar-refractivity contribution in [2.75, 3.05) is 14.2 Å². The van der Waals surface area contributed by atoms with E-state index in [1.807, 2.05) is 6.92 Å². The number of hydrogen-bond acceptors (Lipinski definition) is 4. The average molecular weight is 326 g/mol. The highest BCUT2D eigenvalue weighted by molar-refractivity contribution is 5.95. The molecule has 3 rings (SSSR count). The third-order valence-corrected chi connectivity index (χ3v) is 4.37. The molecule has 2 aromatic rings. The fourth-order valence-corrected chi connectivity index (χ4v) is 2.96. The molecule has 1 aliphatic heterocycles. The predicted molar refractivity (Wildman–Crippen MR) is 92.4 cm³/mol. The van der Waals surface area contributed by atoms with E-state index in [-0.39, 0.29) is 5.91 Å². The number of carbonyl (C=O) groups excluding carboxylic acids is 1. The molecule has 5 nitrogen and oxygen atoms in total. The minimum atomic E-state index is -0.148. The molecule has 2 aromatic carbocycles. The van der Waals surface area contributed by atoms with Crippen molar-refractivity contribution in [3.63, 3.8) is 0 Å². The van der Waals surface area contributed by atoms with Crippen molar-refractivity contribution in [2.24, 2.45) is 0 Å². The largest absolute Gasteiger partial charge is 0.496 e. The Kier molecular flexibility index (Phi) is 4.71. The van der Waals surface area contributed by atoms with Gasteiger partial charge in [0, 0.05) is 30.8 Å². The van der Waals surface area contributed by atoms with E-state index in [0.29, 0.717) is 23.6 Å². The minimum absolute atomic E-state index is 0.148. The number of hydrogen-bond donors (Lipinski definition) is 2. The third kappa shape index (κ3) is 3.21. The van der Waals surface area contributed by atoms with Crippen LogP contribution in [-0.4, -0.2) is 20.1 Å². The van der Waals surface area contributed by atoms with Crippen LogP contribution in [0.5, 0.6) is 11.5 Å². The molecule has 2 N–H and O–H groups in total. The van der Waals surface area contributed by atoms with Gasteiger partial charge in [-0.15, -0.1) is 0 Å². The van der Waals surface area contributed by atoms with Crippen LogP contribution in [0.1, 0.15) is 32.6 Å².